The predicted molar refractivity (Wildman–Crippen MR) is 135 cm³/mol. The molecule has 3 heterocycles. The van der Waals surface area contributed by atoms with Crippen molar-refractivity contribution in [3.63, 3.8) is 0 Å². The third-order valence-corrected chi connectivity index (χ3v) is 7.16. The molecule has 10 heteroatoms. The zero-order chi connectivity index (χ0) is 25.4. The third kappa shape index (κ3) is 5.23. The minimum absolute atomic E-state index is 0.0111. The summed E-state index contributed by atoms with van der Waals surface area (Å²) in [5, 5.41) is 5.28. The van der Waals surface area contributed by atoms with E-state index in [1.54, 1.807) is 6.20 Å². The summed E-state index contributed by atoms with van der Waals surface area (Å²) in [7, 11) is 0. The first-order valence-electron chi connectivity index (χ1n) is 11.9. The summed E-state index contributed by atoms with van der Waals surface area (Å²) in [6, 6.07) is 8.49. The number of carbonyl (C=O) groups excluding carboxylic acids is 1. The molecule has 1 fully saturated rings. The van der Waals surface area contributed by atoms with E-state index in [0.29, 0.717) is 21.5 Å². The number of aromatic nitrogens is 2. The number of fused-ring (bicyclic) bond motifs is 2. The van der Waals surface area contributed by atoms with Crippen LogP contribution in [0.2, 0.25) is 5.02 Å². The highest BCUT2D eigenvalue weighted by molar-refractivity contribution is 6.31. The first-order chi connectivity index (χ1) is 17.2. The van der Waals surface area contributed by atoms with Crippen LogP contribution in [0.1, 0.15) is 29.5 Å². The second-order valence-corrected chi connectivity index (χ2v) is 9.88. The molecule has 2 aromatic heterocycles. The van der Waals surface area contributed by atoms with Gasteiger partial charge in [-0.1, -0.05) is 11.6 Å². The second-order valence-electron chi connectivity index (χ2n) is 9.45. The Morgan fingerprint density at radius 3 is 2.39 bits per heavy atom. The topological polar surface area (TPSA) is 89.9 Å². The number of H-pyrrole nitrogens is 2. The number of likely N-dealkylation sites (tertiary alicyclic amines) is 1. The first-order valence-corrected chi connectivity index (χ1v) is 12.3. The summed E-state index contributed by atoms with van der Waals surface area (Å²) in [4.78, 5) is 21.3. The van der Waals surface area contributed by atoms with E-state index >= 15 is 0 Å². The lowest BCUT2D eigenvalue weighted by atomic mass is 10.0. The van der Waals surface area contributed by atoms with E-state index in [0.717, 1.165) is 55.5 Å². The van der Waals surface area contributed by atoms with Crippen LogP contribution in [0.25, 0.3) is 21.8 Å². The number of nitrogens with one attached hydrogen (secondary N) is 3. The van der Waals surface area contributed by atoms with E-state index in [9.17, 15) is 18.0 Å². The van der Waals surface area contributed by atoms with Gasteiger partial charge in [0.05, 0.1) is 11.6 Å². The molecule has 2 aromatic carbocycles. The second kappa shape index (κ2) is 9.80. The van der Waals surface area contributed by atoms with Crippen molar-refractivity contribution in [3.05, 3.63) is 70.5 Å². The minimum atomic E-state index is -4.43. The van der Waals surface area contributed by atoms with Crippen molar-refractivity contribution < 1.29 is 18.0 Å². The van der Waals surface area contributed by atoms with Crippen LogP contribution < -0.4 is 11.1 Å². The molecular formula is C26H27ClF3N5O. The van der Waals surface area contributed by atoms with Gasteiger partial charge in [0, 0.05) is 64.9 Å². The monoisotopic (exact) mass is 517 g/mol. The van der Waals surface area contributed by atoms with Crippen molar-refractivity contribution in [3.8, 4) is 0 Å². The molecule has 1 aliphatic rings. The van der Waals surface area contributed by atoms with Gasteiger partial charge >= 0.3 is 6.18 Å². The van der Waals surface area contributed by atoms with E-state index in [1.807, 2.05) is 24.4 Å². The number of alkyl halides is 3. The van der Waals surface area contributed by atoms with Crippen molar-refractivity contribution in [2.45, 2.75) is 44.1 Å². The van der Waals surface area contributed by atoms with Gasteiger partial charge in [-0.25, -0.2) is 0 Å². The van der Waals surface area contributed by atoms with Gasteiger partial charge in [-0.3, -0.25) is 9.69 Å². The lowest BCUT2D eigenvalue weighted by molar-refractivity contribution is -0.137. The first kappa shape index (κ1) is 24.7. The van der Waals surface area contributed by atoms with Crippen LogP contribution in [0.3, 0.4) is 0 Å². The van der Waals surface area contributed by atoms with Crippen LogP contribution in [0.15, 0.2) is 48.8 Å². The smallest absolute Gasteiger partial charge is 0.361 e. The fourth-order valence-corrected chi connectivity index (χ4v) is 5.09. The molecule has 0 aliphatic carbocycles. The Hall–Kier alpha value is -3.01. The maximum absolute atomic E-state index is 13.1. The Morgan fingerprint density at radius 1 is 1.06 bits per heavy atom. The molecule has 1 amide bonds. The van der Waals surface area contributed by atoms with E-state index in [2.05, 4.69) is 20.2 Å². The molecule has 0 unspecified atom stereocenters. The highest BCUT2D eigenvalue weighted by Crippen LogP contribution is 2.32. The summed E-state index contributed by atoms with van der Waals surface area (Å²) >= 11 is 6.16. The number of halogens is 4. The number of hydrogen-bond acceptors (Lipinski definition) is 3. The number of aromatic amines is 2. The Morgan fingerprint density at radius 2 is 1.69 bits per heavy atom. The lowest BCUT2D eigenvalue weighted by Crippen LogP contribution is -2.50. The van der Waals surface area contributed by atoms with Crippen LogP contribution in [0, 0.1) is 0 Å². The van der Waals surface area contributed by atoms with Crippen LogP contribution in [-0.2, 0) is 23.9 Å². The van der Waals surface area contributed by atoms with Crippen LogP contribution in [0.5, 0.6) is 0 Å². The lowest BCUT2D eigenvalue weighted by Gasteiger charge is -2.32. The number of piperidine rings is 1. The fraction of sp³-hybridized carbons (Fsp3) is 0.346. The summed E-state index contributed by atoms with van der Waals surface area (Å²) in [5.74, 6) is -0.291. The van der Waals surface area contributed by atoms with Crippen molar-refractivity contribution in [2.24, 2.45) is 5.73 Å². The fourth-order valence-electron chi connectivity index (χ4n) is 4.92. The normalized spacial score (nSPS) is 16.6. The van der Waals surface area contributed by atoms with E-state index in [1.165, 1.54) is 11.6 Å². The van der Waals surface area contributed by atoms with Crippen molar-refractivity contribution in [1.82, 2.24) is 20.2 Å². The molecule has 1 saturated heterocycles. The SMILES string of the molecule is N[C@@H](Cc1c[nH]c2ccc(C(F)(F)F)cc12)C(=O)NC1CCN(Cc2c[nH]c3ccc(Cl)cc23)CC1. The number of nitrogens with two attached hydrogens (primary N) is 1. The molecule has 5 rings (SSSR count). The summed E-state index contributed by atoms with van der Waals surface area (Å²) in [5.41, 5.74) is 8.83. The van der Waals surface area contributed by atoms with Crippen LogP contribution in [0.4, 0.5) is 13.2 Å². The Balaban J connectivity index is 1.15. The van der Waals surface area contributed by atoms with Gasteiger partial charge < -0.3 is 21.0 Å². The number of rotatable bonds is 6. The van der Waals surface area contributed by atoms with Gasteiger partial charge in [0.1, 0.15) is 0 Å². The molecule has 5 N–H and O–H groups in total. The zero-order valence-corrected chi connectivity index (χ0v) is 20.2. The summed E-state index contributed by atoms with van der Waals surface area (Å²) in [6.45, 7) is 2.45. The number of nitrogens with zero attached hydrogens (tertiary/aromatic N) is 1. The predicted octanol–water partition coefficient (Wildman–Crippen LogP) is 4.97. The molecule has 1 atom stereocenters. The van der Waals surface area contributed by atoms with Gasteiger partial charge in [-0.2, -0.15) is 13.2 Å². The number of amides is 1. The largest absolute Gasteiger partial charge is 0.416 e. The van der Waals surface area contributed by atoms with Gasteiger partial charge in [0.15, 0.2) is 0 Å². The summed E-state index contributed by atoms with van der Waals surface area (Å²) < 4.78 is 39.3. The Kier molecular flexibility index (Phi) is 6.72. The van der Waals surface area contributed by atoms with Crippen molar-refractivity contribution >= 4 is 39.3 Å². The van der Waals surface area contributed by atoms with Crippen molar-refractivity contribution in [1.29, 1.82) is 0 Å². The molecule has 4 aromatic rings. The van der Waals surface area contributed by atoms with Gasteiger partial charge in [0.2, 0.25) is 5.91 Å². The van der Waals surface area contributed by atoms with Gasteiger partial charge in [-0.15, -0.1) is 0 Å². The average molecular weight is 518 g/mol. The van der Waals surface area contributed by atoms with Crippen molar-refractivity contribution in [2.75, 3.05) is 13.1 Å². The van der Waals surface area contributed by atoms with Gasteiger partial charge in [-0.05, 0) is 66.8 Å². The Labute approximate surface area is 211 Å². The highest BCUT2D eigenvalue weighted by Gasteiger charge is 2.31. The maximum atomic E-state index is 13.1. The van der Waals surface area contributed by atoms with Crippen LogP contribution in [-0.4, -0.2) is 45.9 Å². The summed E-state index contributed by atoms with van der Waals surface area (Å²) in [6.07, 6.45) is 0.936. The number of hydrogen-bond donors (Lipinski definition) is 4. The maximum Gasteiger partial charge on any atom is 0.416 e. The standard InChI is InChI=1S/C26H27ClF3N5O/c27-18-2-4-24-21(11-18)16(13-33-24)14-35-7-5-19(6-8-35)34-25(36)22(31)9-15-12-32-23-3-1-17(10-20(15)23)26(28,29)30/h1-4,10-13,19,22,32-33H,5-9,14,31H2,(H,34,36)/t22-/m0/s1. The highest BCUT2D eigenvalue weighted by atomic mass is 35.5. The molecule has 0 spiro atoms. The molecule has 0 saturated carbocycles. The molecule has 6 nitrogen and oxygen atoms in total. The minimum Gasteiger partial charge on any atom is -0.361 e. The van der Waals surface area contributed by atoms with Crippen LogP contribution >= 0.6 is 11.6 Å². The molecule has 0 bridgehead atoms. The molecule has 0 radical (unpaired) electrons. The van der Waals surface area contributed by atoms with E-state index in [-0.39, 0.29) is 18.4 Å². The molecular weight excluding hydrogens is 491 g/mol. The molecule has 190 valence electrons. The number of carbonyl (C=O) groups is 1. The van der Waals surface area contributed by atoms with Gasteiger partial charge in [0.25, 0.3) is 0 Å². The zero-order valence-electron chi connectivity index (χ0n) is 19.5. The van der Waals surface area contributed by atoms with E-state index in [4.69, 9.17) is 17.3 Å². The molecule has 1 aliphatic heterocycles. The quantitative estimate of drug-likeness (QED) is 0.291. The van der Waals surface area contributed by atoms with E-state index < -0.39 is 17.8 Å². The number of benzene rings is 2. The average Bonchev–Trinajstić information content (AvgIpc) is 3.43. The molecule has 36 heavy (non-hydrogen) atoms. The Bertz CT molecular complexity index is 1390. The third-order valence-electron chi connectivity index (χ3n) is 6.93.